The summed E-state index contributed by atoms with van der Waals surface area (Å²) in [5, 5.41) is 0. The molecule has 1 aromatic carbocycles. The van der Waals surface area contributed by atoms with Gasteiger partial charge in [0, 0.05) is 9.30 Å². The van der Waals surface area contributed by atoms with Crippen LogP contribution in [0.15, 0.2) is 22.7 Å². The maximum Gasteiger partial charge on any atom is 0.127 e. The predicted molar refractivity (Wildman–Crippen MR) is 77.0 cm³/mol. The zero-order chi connectivity index (χ0) is 12.4. The molecule has 94 valence electrons. The number of hydrogen-bond acceptors (Lipinski definition) is 0. The fourth-order valence-electron chi connectivity index (χ4n) is 2.64. The molecule has 0 N–H and O–H groups in total. The van der Waals surface area contributed by atoms with Crippen LogP contribution >= 0.6 is 31.9 Å². The van der Waals surface area contributed by atoms with Crippen LogP contribution in [0.25, 0.3) is 0 Å². The maximum atomic E-state index is 13.8. The Kier molecular flexibility index (Phi) is 4.65. The molecule has 3 atom stereocenters. The summed E-state index contributed by atoms with van der Waals surface area (Å²) in [6, 6.07) is 5.39. The molecular formula is C14H17Br2F. The maximum absolute atomic E-state index is 13.8. The first kappa shape index (κ1) is 13.5. The SMILES string of the molecule is CC1CCC(Br)C(Cc2ccc(Br)cc2F)C1. The van der Waals surface area contributed by atoms with Gasteiger partial charge in [-0.3, -0.25) is 0 Å². The first-order valence-corrected chi connectivity index (χ1v) is 7.85. The third-order valence-electron chi connectivity index (χ3n) is 3.65. The van der Waals surface area contributed by atoms with Crippen molar-refractivity contribution < 1.29 is 4.39 Å². The van der Waals surface area contributed by atoms with Crippen molar-refractivity contribution in [1.29, 1.82) is 0 Å². The van der Waals surface area contributed by atoms with Gasteiger partial charge in [0.25, 0.3) is 0 Å². The van der Waals surface area contributed by atoms with Gasteiger partial charge in [0.1, 0.15) is 5.82 Å². The molecule has 3 heteroatoms. The van der Waals surface area contributed by atoms with Gasteiger partial charge in [-0.1, -0.05) is 44.8 Å². The molecule has 1 fully saturated rings. The van der Waals surface area contributed by atoms with E-state index in [0.717, 1.165) is 22.4 Å². The van der Waals surface area contributed by atoms with Gasteiger partial charge in [0.2, 0.25) is 0 Å². The van der Waals surface area contributed by atoms with Crippen LogP contribution in [0.3, 0.4) is 0 Å². The van der Waals surface area contributed by atoms with E-state index < -0.39 is 0 Å². The Balaban J connectivity index is 2.08. The van der Waals surface area contributed by atoms with Gasteiger partial charge in [0.05, 0.1) is 0 Å². The third kappa shape index (κ3) is 3.54. The molecule has 0 bridgehead atoms. The van der Waals surface area contributed by atoms with Crippen LogP contribution in [0, 0.1) is 17.7 Å². The summed E-state index contributed by atoms with van der Waals surface area (Å²) in [5.74, 6) is 1.25. The molecule has 1 saturated carbocycles. The zero-order valence-corrected chi connectivity index (χ0v) is 13.1. The fourth-order valence-corrected chi connectivity index (χ4v) is 3.64. The van der Waals surface area contributed by atoms with E-state index in [2.05, 4.69) is 38.8 Å². The van der Waals surface area contributed by atoms with E-state index in [4.69, 9.17) is 0 Å². The van der Waals surface area contributed by atoms with Crippen molar-refractivity contribution in [2.75, 3.05) is 0 Å². The average Bonchev–Trinajstić information content (AvgIpc) is 2.27. The Hall–Kier alpha value is 0.110. The van der Waals surface area contributed by atoms with Crippen LogP contribution in [0.2, 0.25) is 0 Å². The highest BCUT2D eigenvalue weighted by Crippen LogP contribution is 2.36. The summed E-state index contributed by atoms with van der Waals surface area (Å²) < 4.78 is 14.6. The van der Waals surface area contributed by atoms with Gasteiger partial charge < -0.3 is 0 Å². The van der Waals surface area contributed by atoms with E-state index >= 15 is 0 Å². The number of halogens is 3. The van der Waals surface area contributed by atoms with Crippen LogP contribution in [-0.4, -0.2) is 4.83 Å². The van der Waals surface area contributed by atoms with Gasteiger partial charge in [-0.25, -0.2) is 4.39 Å². The van der Waals surface area contributed by atoms with Gasteiger partial charge in [-0.15, -0.1) is 0 Å². The molecule has 0 saturated heterocycles. The molecule has 17 heavy (non-hydrogen) atoms. The second kappa shape index (κ2) is 5.83. The zero-order valence-electron chi connectivity index (χ0n) is 9.93. The Morgan fingerprint density at radius 2 is 2.12 bits per heavy atom. The summed E-state index contributed by atoms with van der Waals surface area (Å²) in [7, 11) is 0. The topological polar surface area (TPSA) is 0 Å². The quantitative estimate of drug-likeness (QED) is 0.623. The minimum Gasteiger partial charge on any atom is -0.207 e. The monoisotopic (exact) mass is 362 g/mol. The molecule has 0 aliphatic heterocycles. The third-order valence-corrected chi connectivity index (χ3v) is 5.35. The Morgan fingerprint density at radius 3 is 2.82 bits per heavy atom. The van der Waals surface area contributed by atoms with E-state index in [-0.39, 0.29) is 5.82 Å². The lowest BCUT2D eigenvalue weighted by molar-refractivity contribution is 0.292. The van der Waals surface area contributed by atoms with Crippen LogP contribution in [0.5, 0.6) is 0 Å². The lowest BCUT2D eigenvalue weighted by atomic mass is 9.79. The highest BCUT2D eigenvalue weighted by molar-refractivity contribution is 9.10. The first-order chi connectivity index (χ1) is 8.06. The van der Waals surface area contributed by atoms with Crippen LogP contribution in [0.4, 0.5) is 4.39 Å². The van der Waals surface area contributed by atoms with Gasteiger partial charge in [-0.05, 0) is 55.2 Å². The number of rotatable bonds is 2. The van der Waals surface area contributed by atoms with Crippen LogP contribution in [-0.2, 0) is 6.42 Å². The standard InChI is InChI=1S/C14H17Br2F/c1-9-2-5-13(16)11(6-9)7-10-3-4-12(15)8-14(10)17/h3-4,8-9,11,13H,2,5-7H2,1H3. The van der Waals surface area contributed by atoms with Gasteiger partial charge in [-0.2, -0.15) is 0 Å². The fraction of sp³-hybridized carbons (Fsp3) is 0.571. The largest absolute Gasteiger partial charge is 0.207 e. The van der Waals surface area contributed by atoms with Crippen LogP contribution in [0.1, 0.15) is 31.7 Å². The molecule has 1 aliphatic rings. The lowest BCUT2D eigenvalue weighted by Gasteiger charge is -2.31. The molecule has 0 radical (unpaired) electrons. The minimum absolute atomic E-state index is 0.0858. The molecule has 0 amide bonds. The smallest absolute Gasteiger partial charge is 0.127 e. The molecule has 0 spiro atoms. The molecule has 0 aromatic heterocycles. The summed E-state index contributed by atoms with van der Waals surface area (Å²) >= 11 is 7.04. The molecular weight excluding hydrogens is 347 g/mol. The normalized spacial score (nSPS) is 29.3. The molecule has 3 unspecified atom stereocenters. The van der Waals surface area contributed by atoms with E-state index in [1.54, 1.807) is 6.07 Å². The van der Waals surface area contributed by atoms with Crippen molar-refractivity contribution in [3.8, 4) is 0 Å². The van der Waals surface area contributed by atoms with Gasteiger partial charge >= 0.3 is 0 Å². The highest BCUT2D eigenvalue weighted by Gasteiger charge is 2.27. The lowest BCUT2D eigenvalue weighted by Crippen LogP contribution is -2.25. The van der Waals surface area contributed by atoms with Crippen molar-refractivity contribution in [3.63, 3.8) is 0 Å². The second-order valence-electron chi connectivity index (χ2n) is 5.13. The average molecular weight is 364 g/mol. The van der Waals surface area contributed by atoms with E-state index in [0.29, 0.717) is 10.7 Å². The second-order valence-corrected chi connectivity index (χ2v) is 7.23. The number of alkyl halides is 1. The van der Waals surface area contributed by atoms with Crippen molar-refractivity contribution in [2.45, 2.75) is 37.4 Å². The summed E-state index contributed by atoms with van der Waals surface area (Å²) in [4.78, 5) is 0.543. The van der Waals surface area contributed by atoms with Crippen molar-refractivity contribution >= 4 is 31.9 Å². The predicted octanol–water partition coefficient (Wildman–Crippen LogP) is 5.33. The van der Waals surface area contributed by atoms with E-state index in [9.17, 15) is 4.39 Å². The van der Waals surface area contributed by atoms with E-state index in [1.807, 2.05) is 12.1 Å². The highest BCUT2D eigenvalue weighted by atomic mass is 79.9. The van der Waals surface area contributed by atoms with Crippen molar-refractivity contribution in [2.24, 2.45) is 11.8 Å². The van der Waals surface area contributed by atoms with Crippen LogP contribution < -0.4 is 0 Å². The number of hydrogen-bond donors (Lipinski definition) is 0. The molecule has 1 aromatic rings. The molecule has 0 heterocycles. The molecule has 0 nitrogen and oxygen atoms in total. The van der Waals surface area contributed by atoms with Gasteiger partial charge in [0.15, 0.2) is 0 Å². The van der Waals surface area contributed by atoms with E-state index in [1.165, 1.54) is 19.3 Å². The van der Waals surface area contributed by atoms with Crippen molar-refractivity contribution in [3.05, 3.63) is 34.1 Å². The molecule has 2 rings (SSSR count). The Morgan fingerprint density at radius 1 is 1.35 bits per heavy atom. The van der Waals surface area contributed by atoms with Crippen molar-refractivity contribution in [1.82, 2.24) is 0 Å². The Bertz CT molecular complexity index is 392. The molecule has 1 aliphatic carbocycles. The Labute approximate surface area is 119 Å². The number of benzene rings is 1. The summed E-state index contributed by atoms with van der Waals surface area (Å²) in [5.41, 5.74) is 0.844. The first-order valence-electron chi connectivity index (χ1n) is 6.14. The summed E-state index contributed by atoms with van der Waals surface area (Å²) in [6.45, 7) is 2.30. The minimum atomic E-state index is -0.0858. The summed E-state index contributed by atoms with van der Waals surface area (Å²) in [6.07, 6.45) is 4.55.